The number of nitrogens with one attached hydrogen (secondary N) is 1. The van der Waals surface area contributed by atoms with Crippen LogP contribution in [0.5, 0.6) is 0 Å². The van der Waals surface area contributed by atoms with Crippen molar-refractivity contribution in [3.8, 4) is 5.82 Å². The van der Waals surface area contributed by atoms with Crippen LogP contribution < -0.4 is 11.1 Å². The van der Waals surface area contributed by atoms with Crippen LogP contribution in [-0.4, -0.2) is 34.5 Å². The predicted molar refractivity (Wildman–Crippen MR) is 83.9 cm³/mol. The molecule has 0 amide bonds. The lowest BCUT2D eigenvalue weighted by Gasteiger charge is -2.15. The van der Waals surface area contributed by atoms with Gasteiger partial charge in [0.15, 0.2) is 11.6 Å². The largest absolute Gasteiger partial charge is 0.368 e. The van der Waals surface area contributed by atoms with Crippen LogP contribution in [0.2, 0.25) is 0 Å². The van der Waals surface area contributed by atoms with Crippen molar-refractivity contribution in [1.29, 1.82) is 0 Å². The first-order valence-electron chi connectivity index (χ1n) is 7.54. The number of hydrogen-bond donors (Lipinski definition) is 2. The zero-order valence-electron chi connectivity index (χ0n) is 12.7. The molecule has 3 N–H and O–H groups in total. The minimum absolute atomic E-state index is 0.0332. The molecule has 0 unspecified atom stereocenters. The molecule has 1 aliphatic rings. The first-order valence-corrected chi connectivity index (χ1v) is 7.54. The number of nitrogen functional groups attached to an aromatic ring is 1. The summed E-state index contributed by atoms with van der Waals surface area (Å²) in [5.74, 6) is 3.40. The fourth-order valence-electron chi connectivity index (χ4n) is 2.83. The smallest absolute Gasteiger partial charge is 0.224 e. The Morgan fingerprint density at radius 1 is 1.30 bits per heavy atom. The molecule has 0 fully saturated rings. The van der Waals surface area contributed by atoms with E-state index in [0.717, 1.165) is 31.0 Å². The average molecular weight is 311 g/mol. The third-order valence-electron chi connectivity index (χ3n) is 3.86. The number of fused-ring (bicyclic) bond motifs is 1. The van der Waals surface area contributed by atoms with Crippen molar-refractivity contribution < 1.29 is 0 Å². The molecule has 0 aliphatic carbocycles. The first-order chi connectivity index (χ1) is 11.2. The van der Waals surface area contributed by atoms with Crippen LogP contribution in [-0.2, 0) is 13.0 Å². The maximum absolute atomic E-state index is 5.81. The Balaban J connectivity index is 1.61. The summed E-state index contributed by atoms with van der Waals surface area (Å²) in [6, 6.07) is 3.60. The van der Waals surface area contributed by atoms with E-state index in [2.05, 4.69) is 35.1 Å². The van der Waals surface area contributed by atoms with Crippen LogP contribution in [0.15, 0.2) is 24.5 Å². The van der Waals surface area contributed by atoms with Crippen molar-refractivity contribution in [3.05, 3.63) is 36.2 Å². The van der Waals surface area contributed by atoms with Gasteiger partial charge in [-0.2, -0.15) is 15.1 Å². The Kier molecular flexibility index (Phi) is 3.18. The Bertz CT molecular complexity index is 821. The molecular weight excluding hydrogens is 294 g/mol. The molecule has 23 heavy (non-hydrogen) atoms. The van der Waals surface area contributed by atoms with Crippen LogP contribution >= 0.6 is 0 Å². The van der Waals surface area contributed by atoms with Crippen LogP contribution in [0.3, 0.4) is 0 Å². The highest BCUT2D eigenvalue weighted by molar-refractivity contribution is 5.46. The van der Waals surface area contributed by atoms with E-state index in [1.807, 2.05) is 13.0 Å². The van der Waals surface area contributed by atoms with Gasteiger partial charge in [-0.05, 0) is 19.4 Å². The average Bonchev–Trinajstić information content (AvgIpc) is 3.24. The van der Waals surface area contributed by atoms with Gasteiger partial charge in [-0.25, -0.2) is 4.68 Å². The van der Waals surface area contributed by atoms with Crippen molar-refractivity contribution in [1.82, 2.24) is 34.5 Å². The number of aromatic nitrogens is 7. The molecule has 4 rings (SSSR count). The number of hydrogen-bond acceptors (Lipinski definition) is 7. The van der Waals surface area contributed by atoms with E-state index in [1.54, 1.807) is 23.1 Å². The zero-order chi connectivity index (χ0) is 15.8. The zero-order valence-corrected chi connectivity index (χ0v) is 12.7. The molecule has 9 heteroatoms. The summed E-state index contributed by atoms with van der Waals surface area (Å²) < 4.78 is 3.80. The first kappa shape index (κ1) is 13.7. The summed E-state index contributed by atoms with van der Waals surface area (Å²) in [5.41, 5.74) is 5.81. The standard InChI is InChI=1S/C14H17N9/c1-9(13-21-20-11-4-2-6-22(11)13)17-10-8-12(19-14(15)18-10)23-7-3-5-16-23/h3,5,7-9H,2,4,6H2,1H3,(H3,15,17,18,19)/t9-/m1/s1. The molecule has 118 valence electrons. The summed E-state index contributed by atoms with van der Waals surface area (Å²) in [6.07, 6.45) is 5.60. The summed E-state index contributed by atoms with van der Waals surface area (Å²) in [4.78, 5) is 8.44. The third kappa shape index (κ3) is 2.50. The van der Waals surface area contributed by atoms with Gasteiger partial charge in [0.05, 0.1) is 6.04 Å². The van der Waals surface area contributed by atoms with Gasteiger partial charge in [-0.15, -0.1) is 10.2 Å². The number of aryl methyl sites for hydroxylation is 1. The predicted octanol–water partition coefficient (Wildman–Crippen LogP) is 0.955. The maximum atomic E-state index is 5.81. The van der Waals surface area contributed by atoms with Crippen molar-refractivity contribution in [2.24, 2.45) is 0 Å². The number of nitrogens with zero attached hydrogens (tertiary/aromatic N) is 7. The summed E-state index contributed by atoms with van der Waals surface area (Å²) >= 11 is 0. The number of anilines is 2. The topological polar surface area (TPSA) is 112 Å². The van der Waals surface area contributed by atoms with Crippen LogP contribution in [0.1, 0.15) is 31.0 Å². The van der Waals surface area contributed by atoms with Gasteiger partial charge in [0, 0.05) is 31.4 Å². The fraction of sp³-hybridized carbons (Fsp3) is 0.357. The number of nitrogens with two attached hydrogens (primary N) is 1. The van der Waals surface area contributed by atoms with Crippen molar-refractivity contribution in [3.63, 3.8) is 0 Å². The fourth-order valence-corrected chi connectivity index (χ4v) is 2.83. The maximum Gasteiger partial charge on any atom is 0.224 e. The molecule has 0 saturated heterocycles. The van der Waals surface area contributed by atoms with Gasteiger partial charge in [0.2, 0.25) is 5.95 Å². The van der Waals surface area contributed by atoms with Gasteiger partial charge in [-0.3, -0.25) is 0 Å². The van der Waals surface area contributed by atoms with Crippen molar-refractivity contribution >= 4 is 11.8 Å². The molecule has 4 heterocycles. The van der Waals surface area contributed by atoms with E-state index in [4.69, 9.17) is 5.73 Å². The monoisotopic (exact) mass is 311 g/mol. The van der Waals surface area contributed by atoms with E-state index >= 15 is 0 Å². The lowest BCUT2D eigenvalue weighted by Crippen LogP contribution is -2.15. The third-order valence-corrected chi connectivity index (χ3v) is 3.86. The summed E-state index contributed by atoms with van der Waals surface area (Å²) in [6.45, 7) is 3.00. The Morgan fingerprint density at radius 3 is 3.04 bits per heavy atom. The summed E-state index contributed by atoms with van der Waals surface area (Å²) in [5, 5.41) is 16.0. The van der Waals surface area contributed by atoms with Gasteiger partial charge in [0.1, 0.15) is 11.6 Å². The quantitative estimate of drug-likeness (QED) is 0.737. The molecule has 1 atom stereocenters. The molecule has 0 bridgehead atoms. The minimum atomic E-state index is -0.0332. The Hall–Kier alpha value is -2.97. The second-order valence-electron chi connectivity index (χ2n) is 5.52. The van der Waals surface area contributed by atoms with Gasteiger partial charge in [-0.1, -0.05) is 0 Å². The lowest BCUT2D eigenvalue weighted by molar-refractivity contribution is 0.651. The lowest BCUT2D eigenvalue weighted by atomic mass is 10.3. The molecule has 0 radical (unpaired) electrons. The SMILES string of the molecule is C[C@@H](Nc1cc(-n2cccn2)nc(N)n1)c1nnc2n1CCC2. The highest BCUT2D eigenvalue weighted by Gasteiger charge is 2.21. The molecule has 3 aromatic rings. The van der Waals surface area contributed by atoms with Gasteiger partial charge in [0.25, 0.3) is 0 Å². The molecule has 1 aliphatic heterocycles. The molecule has 0 saturated carbocycles. The van der Waals surface area contributed by atoms with Crippen LogP contribution in [0, 0.1) is 0 Å². The Labute approximate surface area is 132 Å². The molecule has 0 spiro atoms. The second-order valence-corrected chi connectivity index (χ2v) is 5.52. The molecular formula is C14H17N9. The minimum Gasteiger partial charge on any atom is -0.368 e. The van der Waals surface area contributed by atoms with Crippen molar-refractivity contribution in [2.75, 3.05) is 11.1 Å². The summed E-state index contributed by atoms with van der Waals surface area (Å²) in [7, 11) is 0. The molecule has 0 aromatic carbocycles. The van der Waals surface area contributed by atoms with E-state index in [9.17, 15) is 0 Å². The highest BCUT2D eigenvalue weighted by Crippen LogP contribution is 2.22. The van der Waals surface area contributed by atoms with Gasteiger partial charge >= 0.3 is 0 Å². The van der Waals surface area contributed by atoms with Crippen LogP contribution in [0.25, 0.3) is 5.82 Å². The Morgan fingerprint density at radius 2 is 2.22 bits per heavy atom. The van der Waals surface area contributed by atoms with E-state index < -0.39 is 0 Å². The molecule has 9 nitrogen and oxygen atoms in total. The second kappa shape index (κ2) is 5.34. The normalized spacial score (nSPS) is 14.7. The van der Waals surface area contributed by atoms with E-state index in [0.29, 0.717) is 11.6 Å². The van der Waals surface area contributed by atoms with Crippen molar-refractivity contribution in [2.45, 2.75) is 32.4 Å². The van der Waals surface area contributed by atoms with Gasteiger partial charge < -0.3 is 15.6 Å². The van der Waals surface area contributed by atoms with E-state index in [-0.39, 0.29) is 12.0 Å². The molecule has 3 aromatic heterocycles. The van der Waals surface area contributed by atoms with E-state index in [1.165, 1.54) is 0 Å². The number of rotatable bonds is 4. The highest BCUT2D eigenvalue weighted by atomic mass is 15.3. The van der Waals surface area contributed by atoms with Crippen LogP contribution in [0.4, 0.5) is 11.8 Å².